The van der Waals surface area contributed by atoms with Crippen LogP contribution in [0.5, 0.6) is 0 Å². The number of nitrogens with zero attached hydrogens (tertiary/aromatic N) is 2. The summed E-state index contributed by atoms with van der Waals surface area (Å²) in [6.07, 6.45) is 9.48. The molecule has 0 spiro atoms. The molecule has 0 fully saturated rings. The number of hydrogen-bond acceptors (Lipinski definition) is 4. The normalized spacial score (nSPS) is 12.4. The SMILES string of the molecule is c1cc(NCc2ccc3ccc4c(CNc5ccncc5)ccc5c4c3c2CC5)ccn1. The fraction of sp³-hybridized carbons (Fsp3) is 0.143. The van der Waals surface area contributed by atoms with E-state index in [0.29, 0.717) is 0 Å². The molecule has 1 aliphatic carbocycles. The van der Waals surface area contributed by atoms with Crippen molar-refractivity contribution in [3.63, 3.8) is 0 Å². The molecule has 0 bridgehead atoms. The molecule has 0 aliphatic heterocycles. The molecule has 6 rings (SSSR count). The van der Waals surface area contributed by atoms with Crippen LogP contribution in [0.25, 0.3) is 21.5 Å². The van der Waals surface area contributed by atoms with Crippen LogP contribution in [0.1, 0.15) is 22.3 Å². The van der Waals surface area contributed by atoms with E-state index in [1.165, 1.54) is 43.8 Å². The molecule has 1 aliphatic rings. The Morgan fingerprint density at radius 2 is 1.22 bits per heavy atom. The van der Waals surface area contributed by atoms with E-state index in [4.69, 9.17) is 0 Å². The summed E-state index contributed by atoms with van der Waals surface area (Å²) in [5.74, 6) is 0. The topological polar surface area (TPSA) is 49.8 Å². The van der Waals surface area contributed by atoms with Gasteiger partial charge in [-0.25, -0.2) is 0 Å². The molecule has 32 heavy (non-hydrogen) atoms. The second-order valence-corrected chi connectivity index (χ2v) is 8.35. The summed E-state index contributed by atoms with van der Waals surface area (Å²) in [4.78, 5) is 8.22. The van der Waals surface area contributed by atoms with Crippen LogP contribution in [-0.4, -0.2) is 9.97 Å². The first kappa shape index (κ1) is 18.8. The second kappa shape index (κ2) is 7.97. The molecular formula is C28H24N4. The summed E-state index contributed by atoms with van der Waals surface area (Å²) in [7, 11) is 0. The standard InChI is InChI=1S/C28H24N4/c1-3-21(17-31-23-9-13-29-14-10-23)25-8-6-20-2-4-22(18-32-24-11-15-30-16-12-24)26-7-5-19(1)27(25)28(20)26/h1-5,7,9-16H,6,8,17-18H2,(H,29,31)(H,30,32). The summed E-state index contributed by atoms with van der Waals surface area (Å²) in [5.41, 5.74) is 7.86. The van der Waals surface area contributed by atoms with Crippen molar-refractivity contribution in [3.05, 3.63) is 108 Å². The Balaban J connectivity index is 1.41. The predicted molar refractivity (Wildman–Crippen MR) is 132 cm³/mol. The molecule has 0 saturated carbocycles. The zero-order valence-corrected chi connectivity index (χ0v) is 17.8. The van der Waals surface area contributed by atoms with Crippen molar-refractivity contribution < 1.29 is 0 Å². The van der Waals surface area contributed by atoms with Crippen molar-refractivity contribution in [3.8, 4) is 0 Å². The number of hydrogen-bond donors (Lipinski definition) is 2. The minimum Gasteiger partial charge on any atom is -0.381 e. The van der Waals surface area contributed by atoms with Crippen molar-refractivity contribution in [2.24, 2.45) is 0 Å². The van der Waals surface area contributed by atoms with Gasteiger partial charge in [0.1, 0.15) is 0 Å². The zero-order chi connectivity index (χ0) is 21.3. The number of aryl methyl sites for hydroxylation is 2. The van der Waals surface area contributed by atoms with Crippen LogP contribution in [0.3, 0.4) is 0 Å². The van der Waals surface area contributed by atoms with Gasteiger partial charge in [0.25, 0.3) is 0 Å². The average molecular weight is 417 g/mol. The van der Waals surface area contributed by atoms with Crippen molar-refractivity contribution in [1.82, 2.24) is 9.97 Å². The van der Waals surface area contributed by atoms with Crippen LogP contribution in [0, 0.1) is 0 Å². The van der Waals surface area contributed by atoms with Gasteiger partial charge in [-0.05, 0) is 80.9 Å². The summed E-state index contributed by atoms with van der Waals surface area (Å²) in [6.45, 7) is 1.62. The van der Waals surface area contributed by atoms with Gasteiger partial charge < -0.3 is 10.6 Å². The van der Waals surface area contributed by atoms with Crippen molar-refractivity contribution in [2.45, 2.75) is 25.9 Å². The van der Waals surface area contributed by atoms with Gasteiger partial charge in [0, 0.05) is 49.3 Å². The summed E-state index contributed by atoms with van der Waals surface area (Å²) < 4.78 is 0. The van der Waals surface area contributed by atoms with Crippen LogP contribution < -0.4 is 10.6 Å². The molecule has 0 atom stereocenters. The highest BCUT2D eigenvalue weighted by molar-refractivity contribution is 6.13. The highest BCUT2D eigenvalue weighted by atomic mass is 14.9. The minimum absolute atomic E-state index is 0.797. The quantitative estimate of drug-likeness (QED) is 0.328. The van der Waals surface area contributed by atoms with Crippen LogP contribution in [0.2, 0.25) is 0 Å². The lowest BCUT2D eigenvalue weighted by Crippen LogP contribution is -2.09. The number of pyridine rings is 2. The van der Waals surface area contributed by atoms with E-state index in [9.17, 15) is 0 Å². The molecule has 2 N–H and O–H groups in total. The van der Waals surface area contributed by atoms with Gasteiger partial charge in [-0.15, -0.1) is 0 Å². The fourth-order valence-electron chi connectivity index (χ4n) is 4.92. The Kier molecular flexibility index (Phi) is 4.69. The lowest BCUT2D eigenvalue weighted by molar-refractivity contribution is 0.939. The van der Waals surface area contributed by atoms with Crippen LogP contribution in [0.15, 0.2) is 85.5 Å². The Hall–Kier alpha value is -3.92. The highest BCUT2D eigenvalue weighted by Gasteiger charge is 2.19. The fourth-order valence-corrected chi connectivity index (χ4v) is 4.92. The Bertz CT molecular complexity index is 1410. The third-order valence-corrected chi connectivity index (χ3v) is 6.51. The van der Waals surface area contributed by atoms with Crippen LogP contribution in [-0.2, 0) is 25.9 Å². The van der Waals surface area contributed by atoms with E-state index in [1.54, 1.807) is 0 Å². The number of rotatable bonds is 6. The van der Waals surface area contributed by atoms with Crippen molar-refractivity contribution in [1.29, 1.82) is 0 Å². The van der Waals surface area contributed by atoms with E-state index in [2.05, 4.69) is 57.0 Å². The van der Waals surface area contributed by atoms with E-state index >= 15 is 0 Å². The number of nitrogens with one attached hydrogen (secondary N) is 2. The third kappa shape index (κ3) is 3.34. The molecule has 0 unspecified atom stereocenters. The largest absolute Gasteiger partial charge is 0.381 e. The number of benzene rings is 3. The summed E-state index contributed by atoms with van der Waals surface area (Å²) in [6, 6.07) is 21.8. The van der Waals surface area contributed by atoms with E-state index in [1.807, 2.05) is 49.1 Å². The van der Waals surface area contributed by atoms with Gasteiger partial charge in [-0.2, -0.15) is 0 Å². The molecule has 0 saturated heterocycles. The lowest BCUT2D eigenvalue weighted by Gasteiger charge is -2.23. The molecule has 156 valence electrons. The summed E-state index contributed by atoms with van der Waals surface area (Å²) >= 11 is 0. The van der Waals surface area contributed by atoms with Gasteiger partial charge in [-0.3, -0.25) is 9.97 Å². The third-order valence-electron chi connectivity index (χ3n) is 6.51. The Labute approximate surface area is 187 Å². The average Bonchev–Trinajstić information content (AvgIpc) is 2.86. The van der Waals surface area contributed by atoms with Crippen LogP contribution in [0.4, 0.5) is 11.4 Å². The maximum Gasteiger partial charge on any atom is 0.0406 e. The minimum atomic E-state index is 0.797. The van der Waals surface area contributed by atoms with Crippen LogP contribution >= 0.6 is 0 Å². The van der Waals surface area contributed by atoms with Gasteiger partial charge in [-0.1, -0.05) is 36.4 Å². The second-order valence-electron chi connectivity index (χ2n) is 8.35. The smallest absolute Gasteiger partial charge is 0.0406 e. The lowest BCUT2D eigenvalue weighted by atomic mass is 9.82. The molecule has 4 nitrogen and oxygen atoms in total. The maximum atomic E-state index is 4.11. The van der Waals surface area contributed by atoms with E-state index in [0.717, 1.165) is 37.3 Å². The predicted octanol–water partition coefficient (Wildman–Crippen LogP) is 6.11. The molecule has 0 radical (unpaired) electrons. The maximum absolute atomic E-state index is 4.11. The van der Waals surface area contributed by atoms with Gasteiger partial charge >= 0.3 is 0 Å². The molecule has 0 amide bonds. The molecule has 3 aromatic carbocycles. The zero-order valence-electron chi connectivity index (χ0n) is 17.8. The number of anilines is 2. The number of aromatic nitrogens is 2. The van der Waals surface area contributed by atoms with Gasteiger partial charge in [0.05, 0.1) is 0 Å². The molecule has 5 aromatic rings. The Morgan fingerprint density at radius 1 is 0.594 bits per heavy atom. The van der Waals surface area contributed by atoms with Gasteiger partial charge in [0.15, 0.2) is 0 Å². The molecular weight excluding hydrogens is 392 g/mol. The summed E-state index contributed by atoms with van der Waals surface area (Å²) in [5, 5.41) is 12.7. The first-order chi connectivity index (χ1) is 15.9. The monoisotopic (exact) mass is 416 g/mol. The van der Waals surface area contributed by atoms with E-state index < -0.39 is 0 Å². The first-order valence-corrected chi connectivity index (χ1v) is 11.1. The van der Waals surface area contributed by atoms with Crippen molar-refractivity contribution in [2.75, 3.05) is 10.6 Å². The first-order valence-electron chi connectivity index (χ1n) is 11.1. The Morgan fingerprint density at radius 3 is 1.94 bits per heavy atom. The van der Waals surface area contributed by atoms with E-state index in [-0.39, 0.29) is 0 Å². The van der Waals surface area contributed by atoms with Gasteiger partial charge in [0.2, 0.25) is 0 Å². The highest BCUT2D eigenvalue weighted by Crippen LogP contribution is 2.39. The van der Waals surface area contributed by atoms with Crippen molar-refractivity contribution >= 4 is 32.9 Å². The molecule has 2 aromatic heterocycles. The molecule has 2 heterocycles. The molecule has 4 heteroatoms.